The van der Waals surface area contributed by atoms with Gasteiger partial charge in [0.2, 0.25) is 0 Å². The van der Waals surface area contributed by atoms with Crippen molar-refractivity contribution in [2.24, 2.45) is 5.10 Å². The van der Waals surface area contributed by atoms with E-state index in [1.807, 2.05) is 30.3 Å². The maximum absolute atomic E-state index is 11.1. The van der Waals surface area contributed by atoms with Crippen molar-refractivity contribution in [3.8, 4) is 11.5 Å². The number of aromatic nitrogens is 3. The molecule has 3 aromatic rings. The number of H-pyrrole nitrogens is 1. The Labute approximate surface area is 159 Å². The van der Waals surface area contributed by atoms with Gasteiger partial charge in [0.25, 0.3) is 0 Å². The van der Waals surface area contributed by atoms with Crippen LogP contribution in [-0.2, 0) is 6.61 Å². The number of hydrogen-bond donors (Lipinski definition) is 2. The molecule has 0 atom stereocenters. The van der Waals surface area contributed by atoms with Crippen molar-refractivity contribution in [3.05, 3.63) is 75.3 Å². The lowest BCUT2D eigenvalue weighted by atomic mass is 10.2. The van der Waals surface area contributed by atoms with E-state index in [-0.39, 0.29) is 5.82 Å². The van der Waals surface area contributed by atoms with Crippen LogP contribution in [0, 0.1) is 0 Å². The van der Waals surface area contributed by atoms with Crippen molar-refractivity contribution in [1.29, 1.82) is 0 Å². The van der Waals surface area contributed by atoms with Gasteiger partial charge in [0, 0.05) is 5.02 Å². The molecule has 9 heteroatoms. The number of nitrogens with zero attached hydrogens (tertiary/aromatic N) is 3. The zero-order valence-corrected chi connectivity index (χ0v) is 15.1. The van der Waals surface area contributed by atoms with Crippen LogP contribution in [0.25, 0.3) is 0 Å². The van der Waals surface area contributed by atoms with Gasteiger partial charge >= 0.3 is 5.69 Å². The van der Waals surface area contributed by atoms with Gasteiger partial charge in [-0.2, -0.15) is 15.2 Å². The fourth-order valence-corrected chi connectivity index (χ4v) is 2.42. The first-order valence-corrected chi connectivity index (χ1v) is 8.28. The Bertz CT molecular complexity index is 1010. The van der Waals surface area contributed by atoms with E-state index in [1.54, 1.807) is 25.5 Å². The molecule has 2 N–H and O–H groups in total. The average Bonchev–Trinajstić information content (AvgIpc) is 2.67. The zero-order valence-electron chi connectivity index (χ0n) is 14.3. The summed E-state index contributed by atoms with van der Waals surface area (Å²) in [5, 5.41) is 10.5. The average molecular weight is 386 g/mol. The van der Waals surface area contributed by atoms with Crippen molar-refractivity contribution in [1.82, 2.24) is 15.2 Å². The van der Waals surface area contributed by atoms with Crippen molar-refractivity contribution < 1.29 is 9.47 Å². The molecule has 0 unspecified atom stereocenters. The quantitative estimate of drug-likeness (QED) is 0.479. The molecule has 0 amide bonds. The summed E-state index contributed by atoms with van der Waals surface area (Å²) in [5.41, 5.74) is 3.80. The first-order chi connectivity index (χ1) is 13.1. The van der Waals surface area contributed by atoms with E-state index in [4.69, 9.17) is 21.1 Å². The Morgan fingerprint density at radius 2 is 2.15 bits per heavy atom. The fraction of sp³-hybridized carbons (Fsp3) is 0.111. The highest BCUT2D eigenvalue weighted by Gasteiger charge is 2.06. The van der Waals surface area contributed by atoms with Gasteiger partial charge in [-0.15, -0.1) is 0 Å². The van der Waals surface area contributed by atoms with Gasteiger partial charge in [-0.25, -0.2) is 9.89 Å². The second kappa shape index (κ2) is 8.81. The molecule has 0 radical (unpaired) electrons. The number of nitrogens with one attached hydrogen (secondary N) is 2. The van der Waals surface area contributed by atoms with Crippen molar-refractivity contribution in [2.45, 2.75) is 6.61 Å². The van der Waals surface area contributed by atoms with Crippen molar-refractivity contribution >= 4 is 23.6 Å². The largest absolute Gasteiger partial charge is 0.493 e. The summed E-state index contributed by atoms with van der Waals surface area (Å²) in [6.07, 6.45) is 2.91. The molecule has 0 saturated carbocycles. The number of anilines is 1. The van der Waals surface area contributed by atoms with E-state index >= 15 is 0 Å². The van der Waals surface area contributed by atoms with Crippen LogP contribution in [-0.4, -0.2) is 28.5 Å². The Kier molecular flexibility index (Phi) is 6.01. The molecule has 0 fully saturated rings. The second-order valence-corrected chi connectivity index (χ2v) is 5.81. The molecule has 1 aromatic heterocycles. The van der Waals surface area contributed by atoms with Crippen LogP contribution in [0.4, 0.5) is 5.82 Å². The van der Waals surface area contributed by atoms with Crippen LogP contribution in [0.3, 0.4) is 0 Å². The third-order valence-corrected chi connectivity index (χ3v) is 3.67. The van der Waals surface area contributed by atoms with Crippen LogP contribution in [0.2, 0.25) is 5.02 Å². The van der Waals surface area contributed by atoms with Crippen LogP contribution < -0.4 is 20.6 Å². The minimum Gasteiger partial charge on any atom is -0.493 e. The number of rotatable bonds is 7. The highest BCUT2D eigenvalue weighted by atomic mass is 35.5. The minimum absolute atomic E-state index is 0.239. The van der Waals surface area contributed by atoms with E-state index in [0.717, 1.165) is 11.1 Å². The minimum atomic E-state index is -0.557. The lowest BCUT2D eigenvalue weighted by Crippen LogP contribution is -2.13. The highest BCUT2D eigenvalue weighted by molar-refractivity contribution is 6.30. The molecule has 0 spiro atoms. The molecule has 3 rings (SSSR count). The normalized spacial score (nSPS) is 10.7. The Morgan fingerprint density at radius 1 is 1.26 bits per heavy atom. The Hall–Kier alpha value is -3.39. The Balaban J connectivity index is 1.66. The number of methoxy groups -OCH3 is 1. The van der Waals surface area contributed by atoms with E-state index < -0.39 is 5.69 Å². The first kappa shape index (κ1) is 18.4. The van der Waals surface area contributed by atoms with E-state index in [2.05, 4.69) is 25.7 Å². The summed E-state index contributed by atoms with van der Waals surface area (Å²) < 4.78 is 11.2. The van der Waals surface area contributed by atoms with Crippen LogP contribution in [0.1, 0.15) is 11.1 Å². The molecule has 1 heterocycles. The summed E-state index contributed by atoms with van der Waals surface area (Å²) in [6.45, 7) is 0.368. The van der Waals surface area contributed by atoms with E-state index in [9.17, 15) is 4.79 Å². The van der Waals surface area contributed by atoms with Gasteiger partial charge in [-0.05, 0) is 41.5 Å². The van der Waals surface area contributed by atoms with Gasteiger partial charge in [-0.1, -0.05) is 23.7 Å². The fourth-order valence-electron chi connectivity index (χ4n) is 2.21. The summed E-state index contributed by atoms with van der Waals surface area (Å²) in [6, 6.07) is 12.9. The van der Waals surface area contributed by atoms with E-state index in [1.165, 1.54) is 6.20 Å². The zero-order chi connectivity index (χ0) is 19.1. The summed E-state index contributed by atoms with van der Waals surface area (Å²) in [7, 11) is 1.56. The lowest BCUT2D eigenvalue weighted by Gasteiger charge is -2.11. The van der Waals surface area contributed by atoms with Crippen LogP contribution in [0.5, 0.6) is 11.5 Å². The van der Waals surface area contributed by atoms with Crippen LogP contribution >= 0.6 is 11.6 Å². The molecule has 0 bridgehead atoms. The molecular formula is C18H16ClN5O3. The first-order valence-electron chi connectivity index (χ1n) is 7.90. The number of hydrazone groups is 1. The predicted octanol–water partition coefficient (Wildman–Crippen LogP) is 2.85. The Morgan fingerprint density at radius 3 is 2.93 bits per heavy atom. The summed E-state index contributed by atoms with van der Waals surface area (Å²) in [5.74, 6) is 1.41. The van der Waals surface area contributed by atoms with Crippen molar-refractivity contribution in [3.63, 3.8) is 0 Å². The molecule has 2 aromatic carbocycles. The van der Waals surface area contributed by atoms with Crippen molar-refractivity contribution in [2.75, 3.05) is 12.5 Å². The molecular weight excluding hydrogens is 370 g/mol. The van der Waals surface area contributed by atoms with E-state index in [0.29, 0.717) is 23.1 Å². The third-order valence-electron chi connectivity index (χ3n) is 3.43. The SMILES string of the molecule is COc1cc(C=NNc2cn[nH]c(=O)n2)ccc1OCc1cccc(Cl)c1. The molecule has 8 nitrogen and oxygen atoms in total. The van der Waals surface area contributed by atoms with Gasteiger partial charge in [0.1, 0.15) is 6.61 Å². The molecule has 0 aliphatic rings. The number of aromatic amines is 1. The number of halogens is 1. The highest BCUT2D eigenvalue weighted by Crippen LogP contribution is 2.28. The van der Waals surface area contributed by atoms with Gasteiger partial charge < -0.3 is 9.47 Å². The number of hydrogen-bond acceptors (Lipinski definition) is 7. The molecule has 27 heavy (non-hydrogen) atoms. The maximum atomic E-state index is 11.1. The monoisotopic (exact) mass is 385 g/mol. The lowest BCUT2D eigenvalue weighted by molar-refractivity contribution is 0.284. The third kappa shape index (κ3) is 5.29. The predicted molar refractivity (Wildman–Crippen MR) is 103 cm³/mol. The molecule has 138 valence electrons. The van der Waals surface area contributed by atoms with Gasteiger partial charge in [-0.3, -0.25) is 5.43 Å². The smallest absolute Gasteiger partial charge is 0.363 e. The molecule has 0 aliphatic carbocycles. The number of benzene rings is 2. The second-order valence-electron chi connectivity index (χ2n) is 5.37. The maximum Gasteiger partial charge on any atom is 0.363 e. The molecule has 0 saturated heterocycles. The topological polar surface area (TPSA) is 101 Å². The summed E-state index contributed by atoms with van der Waals surface area (Å²) in [4.78, 5) is 14.7. The summed E-state index contributed by atoms with van der Waals surface area (Å²) >= 11 is 5.98. The van der Waals surface area contributed by atoms with Gasteiger partial charge in [0.05, 0.1) is 19.5 Å². The number of ether oxygens (including phenoxy) is 2. The van der Waals surface area contributed by atoms with Crippen LogP contribution in [0.15, 0.2) is 58.6 Å². The molecule has 0 aliphatic heterocycles. The van der Waals surface area contributed by atoms with Gasteiger partial charge in [0.15, 0.2) is 17.3 Å². The standard InChI is InChI=1S/C18H16ClN5O3/c1-26-16-8-12(9-20-23-17-10-21-24-18(25)22-17)5-6-15(16)27-11-13-3-2-4-14(19)7-13/h2-10H,11H2,1H3,(H2,22,23,24,25).